The maximum Gasteiger partial charge on any atom is 0.326 e. The molecule has 0 bridgehead atoms. The molecule has 4 amide bonds. The maximum atomic E-state index is 12.3. The Morgan fingerprint density at radius 2 is 1.52 bits per heavy atom. The SMILES string of the molecule is NCCCCC(N)C(=O)NC(CCC(=O)O)C(=O)NCC(=O)NC(CC(N)=O)C(=O)O. The van der Waals surface area contributed by atoms with Crippen molar-refractivity contribution in [3.63, 3.8) is 0 Å². The van der Waals surface area contributed by atoms with Gasteiger partial charge in [0.05, 0.1) is 19.0 Å². The Kier molecular flexibility index (Phi) is 13.1. The highest BCUT2D eigenvalue weighted by Crippen LogP contribution is 2.02. The lowest BCUT2D eigenvalue weighted by Crippen LogP contribution is -2.53. The molecule has 14 nitrogen and oxygen atoms in total. The maximum absolute atomic E-state index is 12.3. The average Bonchev–Trinajstić information content (AvgIpc) is 2.68. The van der Waals surface area contributed by atoms with Gasteiger partial charge in [0.2, 0.25) is 23.6 Å². The topological polar surface area (TPSA) is 257 Å². The Morgan fingerprint density at radius 3 is 2.03 bits per heavy atom. The number of carboxylic acids is 2. The quantitative estimate of drug-likeness (QED) is 0.108. The molecule has 0 rings (SSSR count). The number of amides is 4. The molecule has 176 valence electrons. The van der Waals surface area contributed by atoms with E-state index in [4.69, 9.17) is 27.4 Å². The van der Waals surface area contributed by atoms with E-state index in [1.165, 1.54) is 0 Å². The van der Waals surface area contributed by atoms with E-state index in [0.717, 1.165) is 0 Å². The Labute approximate surface area is 178 Å². The van der Waals surface area contributed by atoms with Gasteiger partial charge in [0.25, 0.3) is 0 Å². The fraction of sp³-hybridized carbons (Fsp3) is 0.647. The Morgan fingerprint density at radius 1 is 0.871 bits per heavy atom. The molecule has 0 aromatic heterocycles. The van der Waals surface area contributed by atoms with Crippen LogP contribution in [0.3, 0.4) is 0 Å². The number of aliphatic carboxylic acids is 2. The molecule has 0 saturated heterocycles. The Bertz CT molecular complexity index is 671. The number of hydrogen-bond donors (Lipinski definition) is 8. The van der Waals surface area contributed by atoms with Crippen molar-refractivity contribution in [2.75, 3.05) is 13.1 Å². The van der Waals surface area contributed by atoms with Crippen LogP contribution in [-0.4, -0.2) is 77.0 Å². The van der Waals surface area contributed by atoms with E-state index in [-0.39, 0.29) is 6.42 Å². The average molecular weight is 446 g/mol. The molecule has 0 saturated carbocycles. The number of carboxylic acid groups (broad SMARTS) is 2. The first-order valence-electron chi connectivity index (χ1n) is 9.53. The van der Waals surface area contributed by atoms with Crippen LogP contribution in [0.15, 0.2) is 0 Å². The van der Waals surface area contributed by atoms with Gasteiger partial charge in [0.15, 0.2) is 0 Å². The minimum Gasteiger partial charge on any atom is -0.481 e. The van der Waals surface area contributed by atoms with E-state index >= 15 is 0 Å². The summed E-state index contributed by atoms with van der Waals surface area (Å²) in [6.07, 6.45) is 0.221. The highest BCUT2D eigenvalue weighted by atomic mass is 16.4. The van der Waals surface area contributed by atoms with Gasteiger partial charge in [0.1, 0.15) is 12.1 Å². The third-order valence-corrected chi connectivity index (χ3v) is 4.05. The summed E-state index contributed by atoms with van der Waals surface area (Å²) in [5, 5.41) is 24.3. The Balaban J connectivity index is 4.87. The molecule has 11 N–H and O–H groups in total. The first-order valence-corrected chi connectivity index (χ1v) is 9.53. The number of nitrogens with one attached hydrogen (secondary N) is 3. The van der Waals surface area contributed by atoms with Crippen LogP contribution in [0.4, 0.5) is 0 Å². The van der Waals surface area contributed by atoms with Gasteiger partial charge >= 0.3 is 11.9 Å². The van der Waals surface area contributed by atoms with Crippen molar-refractivity contribution in [2.24, 2.45) is 17.2 Å². The molecule has 0 radical (unpaired) electrons. The van der Waals surface area contributed by atoms with E-state index < -0.39 is 73.1 Å². The van der Waals surface area contributed by atoms with Crippen molar-refractivity contribution in [3.8, 4) is 0 Å². The van der Waals surface area contributed by atoms with Gasteiger partial charge < -0.3 is 43.4 Å². The van der Waals surface area contributed by atoms with Gasteiger partial charge in [-0.25, -0.2) is 4.79 Å². The summed E-state index contributed by atoms with van der Waals surface area (Å²) in [6.45, 7) is -0.244. The summed E-state index contributed by atoms with van der Waals surface area (Å²) in [4.78, 5) is 69.0. The number of primary amides is 1. The van der Waals surface area contributed by atoms with Crippen molar-refractivity contribution in [1.29, 1.82) is 0 Å². The van der Waals surface area contributed by atoms with Crippen LogP contribution in [0.1, 0.15) is 38.5 Å². The minimum absolute atomic E-state index is 0.260. The Hall–Kier alpha value is -3.26. The fourth-order valence-electron chi connectivity index (χ4n) is 2.39. The van der Waals surface area contributed by atoms with E-state index in [0.29, 0.717) is 25.8 Å². The predicted molar refractivity (Wildman–Crippen MR) is 106 cm³/mol. The van der Waals surface area contributed by atoms with Crippen molar-refractivity contribution >= 4 is 35.6 Å². The zero-order chi connectivity index (χ0) is 24.0. The summed E-state index contributed by atoms with van der Waals surface area (Å²) >= 11 is 0. The van der Waals surface area contributed by atoms with Gasteiger partial charge in [-0.3, -0.25) is 24.0 Å². The monoisotopic (exact) mass is 446 g/mol. The van der Waals surface area contributed by atoms with Gasteiger partial charge in [-0.1, -0.05) is 6.42 Å². The van der Waals surface area contributed by atoms with Crippen LogP contribution in [0.2, 0.25) is 0 Å². The van der Waals surface area contributed by atoms with Crippen LogP contribution in [0.25, 0.3) is 0 Å². The molecule has 0 aliphatic heterocycles. The minimum atomic E-state index is -1.57. The van der Waals surface area contributed by atoms with Gasteiger partial charge in [-0.05, 0) is 25.8 Å². The van der Waals surface area contributed by atoms with Crippen LogP contribution >= 0.6 is 0 Å². The molecule has 0 aliphatic carbocycles. The lowest BCUT2D eigenvalue weighted by molar-refractivity contribution is -0.143. The molecule has 0 heterocycles. The molecular weight excluding hydrogens is 416 g/mol. The standard InChI is InChI=1S/C17H30N6O8/c18-6-2-1-3-9(19)15(28)23-10(4-5-14(26)27)16(29)21-8-13(25)22-11(17(30)31)7-12(20)24/h9-11H,1-8,18-19H2,(H2,20,24)(H,21,29)(H,22,25)(H,23,28)(H,26,27)(H,30,31). The number of carbonyl (C=O) groups excluding carboxylic acids is 4. The van der Waals surface area contributed by atoms with E-state index in [1.54, 1.807) is 0 Å². The second kappa shape index (κ2) is 14.7. The van der Waals surface area contributed by atoms with E-state index in [2.05, 4.69) is 10.6 Å². The summed E-state index contributed by atoms with van der Waals surface area (Å²) in [5.74, 6) is -6.10. The van der Waals surface area contributed by atoms with Crippen molar-refractivity contribution in [2.45, 2.75) is 56.7 Å². The molecular formula is C17H30N6O8. The molecule has 0 fully saturated rings. The second-order valence-electron chi connectivity index (χ2n) is 6.73. The molecule has 3 atom stereocenters. The highest BCUT2D eigenvalue weighted by Gasteiger charge is 2.26. The highest BCUT2D eigenvalue weighted by molar-refractivity contribution is 5.93. The third kappa shape index (κ3) is 12.8. The lowest BCUT2D eigenvalue weighted by atomic mass is 10.1. The first kappa shape index (κ1) is 27.7. The largest absolute Gasteiger partial charge is 0.481 e. The molecule has 3 unspecified atom stereocenters. The molecule has 0 aromatic rings. The fourth-order valence-corrected chi connectivity index (χ4v) is 2.39. The number of carbonyl (C=O) groups is 6. The van der Waals surface area contributed by atoms with Crippen LogP contribution in [0.5, 0.6) is 0 Å². The number of nitrogens with two attached hydrogens (primary N) is 3. The number of unbranched alkanes of at least 4 members (excludes halogenated alkanes) is 1. The summed E-state index contributed by atoms with van der Waals surface area (Å²) < 4.78 is 0. The molecule has 31 heavy (non-hydrogen) atoms. The smallest absolute Gasteiger partial charge is 0.326 e. The van der Waals surface area contributed by atoms with Gasteiger partial charge in [-0.2, -0.15) is 0 Å². The molecule has 14 heteroatoms. The van der Waals surface area contributed by atoms with Crippen LogP contribution < -0.4 is 33.2 Å². The van der Waals surface area contributed by atoms with E-state index in [1.807, 2.05) is 5.32 Å². The van der Waals surface area contributed by atoms with Crippen LogP contribution in [-0.2, 0) is 28.8 Å². The number of hydrogen-bond acceptors (Lipinski definition) is 8. The number of rotatable bonds is 16. The summed E-state index contributed by atoms with van der Waals surface area (Å²) in [6, 6.07) is -3.78. The normalized spacial score (nSPS) is 13.4. The van der Waals surface area contributed by atoms with E-state index in [9.17, 15) is 28.8 Å². The van der Waals surface area contributed by atoms with Crippen molar-refractivity contribution < 1.29 is 39.0 Å². The lowest BCUT2D eigenvalue weighted by Gasteiger charge is -2.20. The molecule has 0 spiro atoms. The molecule has 0 aliphatic rings. The molecule has 0 aromatic carbocycles. The van der Waals surface area contributed by atoms with Gasteiger partial charge in [0, 0.05) is 6.42 Å². The van der Waals surface area contributed by atoms with Crippen LogP contribution in [0, 0.1) is 0 Å². The second-order valence-corrected chi connectivity index (χ2v) is 6.73. The zero-order valence-corrected chi connectivity index (χ0v) is 17.0. The van der Waals surface area contributed by atoms with Crippen molar-refractivity contribution in [1.82, 2.24) is 16.0 Å². The third-order valence-electron chi connectivity index (χ3n) is 4.05. The summed E-state index contributed by atoms with van der Waals surface area (Å²) in [5.41, 5.74) is 16.0. The predicted octanol–water partition coefficient (Wildman–Crippen LogP) is -3.65. The van der Waals surface area contributed by atoms with Gasteiger partial charge in [-0.15, -0.1) is 0 Å². The first-order chi connectivity index (χ1) is 14.5. The summed E-state index contributed by atoms with van der Waals surface area (Å²) in [7, 11) is 0. The zero-order valence-electron chi connectivity index (χ0n) is 17.0. The van der Waals surface area contributed by atoms with Crippen molar-refractivity contribution in [3.05, 3.63) is 0 Å².